The van der Waals surface area contributed by atoms with Crippen LogP contribution in [0.4, 0.5) is 0 Å². The Hall–Kier alpha value is -1.88. The van der Waals surface area contributed by atoms with Gasteiger partial charge >= 0.3 is 11.9 Å². The molecule has 122 valence electrons. The lowest BCUT2D eigenvalue weighted by Crippen LogP contribution is -2.25. The van der Waals surface area contributed by atoms with Gasteiger partial charge in [0.15, 0.2) is 6.61 Å². The second kappa shape index (κ2) is 8.54. The normalized spacial score (nSPS) is 10.9. The van der Waals surface area contributed by atoms with Gasteiger partial charge in [0.05, 0.1) is 6.54 Å². The monoisotopic (exact) mass is 307 g/mol. The molecule has 1 aromatic rings. The summed E-state index contributed by atoms with van der Waals surface area (Å²) < 4.78 is 10.3. The molecule has 5 nitrogen and oxygen atoms in total. The van der Waals surface area contributed by atoms with Crippen LogP contribution in [-0.4, -0.2) is 32.1 Å². The molecule has 0 aliphatic rings. The van der Waals surface area contributed by atoms with Crippen LogP contribution in [0.1, 0.15) is 50.7 Å². The summed E-state index contributed by atoms with van der Waals surface area (Å²) in [5, 5.41) is 2.66. The fourth-order valence-electron chi connectivity index (χ4n) is 2.08. The van der Waals surface area contributed by atoms with Gasteiger partial charge in [0, 0.05) is 0 Å². The Labute approximate surface area is 132 Å². The maximum Gasteiger partial charge on any atom is 0.349 e. The molecule has 0 unspecified atom stereocenters. The number of para-hydroxylation sites is 1. The molecule has 1 N–H and O–H groups in total. The van der Waals surface area contributed by atoms with E-state index in [1.165, 1.54) is 0 Å². The highest BCUT2D eigenvalue weighted by atomic mass is 16.6. The smallest absolute Gasteiger partial charge is 0.349 e. The number of carbonyl (C=O) groups excluding carboxylic acids is 2. The van der Waals surface area contributed by atoms with Crippen LogP contribution in [0.2, 0.25) is 0 Å². The van der Waals surface area contributed by atoms with Crippen molar-refractivity contribution < 1.29 is 19.1 Å². The second-order valence-electron chi connectivity index (χ2n) is 5.74. The molecule has 0 bridgehead atoms. The fourth-order valence-corrected chi connectivity index (χ4v) is 2.08. The van der Waals surface area contributed by atoms with Gasteiger partial charge in [0.1, 0.15) is 5.75 Å². The summed E-state index contributed by atoms with van der Waals surface area (Å²) >= 11 is 0. The first-order valence-corrected chi connectivity index (χ1v) is 7.50. The van der Waals surface area contributed by atoms with E-state index in [9.17, 15) is 9.59 Å². The van der Waals surface area contributed by atoms with E-state index in [0.717, 1.165) is 11.1 Å². The second-order valence-corrected chi connectivity index (χ2v) is 5.74. The fraction of sp³-hybridized carbons (Fsp3) is 0.529. The number of ether oxygens (including phenoxy) is 2. The van der Waals surface area contributed by atoms with Crippen molar-refractivity contribution in [3.8, 4) is 5.75 Å². The van der Waals surface area contributed by atoms with Crippen molar-refractivity contribution in [1.82, 2.24) is 5.32 Å². The number of nitrogens with one attached hydrogen (secondary N) is 1. The highest BCUT2D eigenvalue weighted by molar-refractivity contribution is 5.79. The number of hydrogen-bond donors (Lipinski definition) is 1. The maximum atomic E-state index is 12.0. The Bertz CT molecular complexity index is 497. The van der Waals surface area contributed by atoms with E-state index >= 15 is 0 Å². The lowest BCUT2D eigenvalue weighted by atomic mass is 9.94. The van der Waals surface area contributed by atoms with Crippen LogP contribution >= 0.6 is 0 Å². The van der Waals surface area contributed by atoms with Crippen LogP contribution < -0.4 is 10.1 Å². The highest BCUT2D eigenvalue weighted by Gasteiger charge is 2.18. The molecule has 0 spiro atoms. The zero-order chi connectivity index (χ0) is 16.7. The molecule has 5 heteroatoms. The van der Waals surface area contributed by atoms with Crippen LogP contribution in [-0.2, 0) is 14.3 Å². The quantitative estimate of drug-likeness (QED) is 0.619. The average molecular weight is 307 g/mol. The van der Waals surface area contributed by atoms with E-state index in [1.54, 1.807) is 7.05 Å². The molecule has 0 aliphatic heterocycles. The van der Waals surface area contributed by atoms with Gasteiger partial charge in [0.25, 0.3) is 0 Å². The van der Waals surface area contributed by atoms with E-state index in [0.29, 0.717) is 5.75 Å². The number of carbonyl (C=O) groups is 2. The topological polar surface area (TPSA) is 64.6 Å². The minimum Gasteiger partial charge on any atom is -0.453 e. The van der Waals surface area contributed by atoms with Crippen LogP contribution in [0.3, 0.4) is 0 Å². The van der Waals surface area contributed by atoms with Crippen LogP contribution in [0.15, 0.2) is 18.2 Å². The molecule has 22 heavy (non-hydrogen) atoms. The number of esters is 2. The third-order valence-corrected chi connectivity index (χ3v) is 3.21. The van der Waals surface area contributed by atoms with Crippen LogP contribution in [0.5, 0.6) is 5.75 Å². The number of benzene rings is 1. The van der Waals surface area contributed by atoms with Gasteiger partial charge < -0.3 is 14.8 Å². The summed E-state index contributed by atoms with van der Waals surface area (Å²) in [4.78, 5) is 23.2. The van der Waals surface area contributed by atoms with E-state index in [2.05, 4.69) is 5.32 Å². The molecule has 0 amide bonds. The molecule has 0 saturated carbocycles. The number of likely N-dealkylation sites (N-methyl/N-ethyl adjacent to an activating group) is 1. The molecular formula is C17H25NO4. The highest BCUT2D eigenvalue weighted by Crippen LogP contribution is 2.34. The van der Waals surface area contributed by atoms with Gasteiger partial charge in [-0.1, -0.05) is 45.9 Å². The number of hydrogen-bond acceptors (Lipinski definition) is 5. The SMILES string of the molecule is CNCC(=O)OCC(=O)Oc1c(C(C)C)cccc1C(C)C. The lowest BCUT2D eigenvalue weighted by Gasteiger charge is -2.18. The molecule has 1 rings (SSSR count). The Morgan fingerprint density at radius 2 is 1.59 bits per heavy atom. The predicted octanol–water partition coefficient (Wildman–Crippen LogP) is 2.60. The summed E-state index contributed by atoms with van der Waals surface area (Å²) in [6.45, 7) is 7.86. The van der Waals surface area contributed by atoms with Crippen LogP contribution in [0, 0.1) is 0 Å². The maximum absolute atomic E-state index is 12.0. The lowest BCUT2D eigenvalue weighted by molar-refractivity contribution is -0.152. The summed E-state index contributed by atoms with van der Waals surface area (Å²) in [7, 11) is 1.63. The van der Waals surface area contributed by atoms with Crippen molar-refractivity contribution in [2.45, 2.75) is 39.5 Å². The van der Waals surface area contributed by atoms with E-state index in [-0.39, 0.29) is 25.0 Å². The zero-order valence-electron chi connectivity index (χ0n) is 13.9. The summed E-state index contributed by atoms with van der Waals surface area (Å²) in [5.41, 5.74) is 1.95. The molecular weight excluding hydrogens is 282 g/mol. The van der Waals surface area contributed by atoms with Crippen molar-refractivity contribution in [1.29, 1.82) is 0 Å². The third-order valence-electron chi connectivity index (χ3n) is 3.21. The van der Waals surface area contributed by atoms with Crippen molar-refractivity contribution in [2.75, 3.05) is 20.2 Å². The first-order chi connectivity index (χ1) is 10.4. The van der Waals surface area contributed by atoms with Crippen LogP contribution in [0.25, 0.3) is 0 Å². The molecule has 0 saturated heterocycles. The van der Waals surface area contributed by atoms with E-state index < -0.39 is 11.9 Å². The Kier molecular flexibility index (Phi) is 7.05. The summed E-state index contributed by atoms with van der Waals surface area (Å²) in [5.74, 6) is -0.0102. The van der Waals surface area contributed by atoms with Gasteiger partial charge in [-0.05, 0) is 30.0 Å². The first-order valence-electron chi connectivity index (χ1n) is 7.50. The zero-order valence-corrected chi connectivity index (χ0v) is 13.9. The summed E-state index contributed by atoms with van der Waals surface area (Å²) in [6.07, 6.45) is 0. The Morgan fingerprint density at radius 3 is 2.05 bits per heavy atom. The van der Waals surface area contributed by atoms with E-state index in [1.807, 2.05) is 45.9 Å². The van der Waals surface area contributed by atoms with Gasteiger partial charge in [-0.2, -0.15) is 0 Å². The first kappa shape index (κ1) is 18.2. The predicted molar refractivity (Wildman–Crippen MR) is 85.1 cm³/mol. The molecule has 1 aromatic carbocycles. The average Bonchev–Trinajstić information content (AvgIpc) is 2.45. The molecule has 0 aromatic heterocycles. The van der Waals surface area contributed by atoms with Crippen molar-refractivity contribution in [3.63, 3.8) is 0 Å². The minimum absolute atomic E-state index is 0.0626. The van der Waals surface area contributed by atoms with Crippen molar-refractivity contribution in [3.05, 3.63) is 29.3 Å². The summed E-state index contributed by atoms with van der Waals surface area (Å²) in [6, 6.07) is 5.87. The van der Waals surface area contributed by atoms with Gasteiger partial charge in [-0.25, -0.2) is 4.79 Å². The third kappa shape index (κ3) is 5.15. The largest absolute Gasteiger partial charge is 0.453 e. The molecule has 0 heterocycles. The molecule has 0 aliphatic carbocycles. The number of rotatable bonds is 7. The Balaban J connectivity index is 2.86. The molecule has 0 fully saturated rings. The molecule has 0 radical (unpaired) electrons. The van der Waals surface area contributed by atoms with E-state index in [4.69, 9.17) is 9.47 Å². The van der Waals surface area contributed by atoms with Crippen molar-refractivity contribution >= 4 is 11.9 Å². The van der Waals surface area contributed by atoms with Gasteiger partial charge in [-0.3, -0.25) is 4.79 Å². The van der Waals surface area contributed by atoms with Gasteiger partial charge in [0.2, 0.25) is 0 Å². The Morgan fingerprint density at radius 1 is 1.05 bits per heavy atom. The standard InChI is InChI=1S/C17H25NO4/c1-11(2)13-7-6-8-14(12(3)4)17(13)22-16(20)10-21-15(19)9-18-5/h6-8,11-12,18H,9-10H2,1-5H3. The van der Waals surface area contributed by atoms with Gasteiger partial charge in [-0.15, -0.1) is 0 Å². The minimum atomic E-state index is -0.570. The molecule has 0 atom stereocenters. The van der Waals surface area contributed by atoms with Crippen molar-refractivity contribution in [2.24, 2.45) is 0 Å².